The number of nitro benzene ring substituents is 1. The zero-order valence-electron chi connectivity index (χ0n) is 15.6. The lowest BCUT2D eigenvalue weighted by molar-refractivity contribution is -0.384. The van der Waals surface area contributed by atoms with Gasteiger partial charge in [0.25, 0.3) is 11.2 Å². The van der Waals surface area contributed by atoms with Gasteiger partial charge in [-0.3, -0.25) is 29.1 Å². The number of rotatable bonds is 5. The number of hydrogen-bond acceptors (Lipinski definition) is 8. The van der Waals surface area contributed by atoms with E-state index in [0.29, 0.717) is 11.5 Å². The Balaban J connectivity index is 1.60. The summed E-state index contributed by atoms with van der Waals surface area (Å²) in [4.78, 5) is 51.4. The van der Waals surface area contributed by atoms with Crippen molar-refractivity contribution in [2.45, 2.75) is 13.5 Å². The van der Waals surface area contributed by atoms with E-state index in [1.807, 2.05) is 0 Å². The molecule has 1 aliphatic rings. The number of aromatic nitrogens is 2. The van der Waals surface area contributed by atoms with Gasteiger partial charge in [-0.1, -0.05) is 0 Å². The second kappa shape index (κ2) is 7.28. The standard InChI is InChI=1S/C19H14N4O7/c1-10(24)13-5-16-17(30-9-29-16)6-15(13)21-18(25)7-22-8-20-14-4-11(23(27)28)2-3-12(14)19(22)26/h2-6,8H,7,9H2,1H3,(H,21,25). The van der Waals surface area contributed by atoms with Crippen LogP contribution in [0.15, 0.2) is 41.5 Å². The maximum absolute atomic E-state index is 12.6. The average Bonchev–Trinajstić information content (AvgIpc) is 3.16. The van der Waals surface area contributed by atoms with E-state index < -0.39 is 16.4 Å². The third-order valence-electron chi connectivity index (χ3n) is 4.50. The van der Waals surface area contributed by atoms with Crippen molar-refractivity contribution in [3.63, 3.8) is 0 Å². The minimum Gasteiger partial charge on any atom is -0.454 e. The largest absolute Gasteiger partial charge is 0.454 e. The van der Waals surface area contributed by atoms with Crippen molar-refractivity contribution in [2.24, 2.45) is 0 Å². The first kappa shape index (κ1) is 19.1. The maximum Gasteiger partial charge on any atom is 0.271 e. The Morgan fingerprint density at radius 2 is 1.97 bits per heavy atom. The number of carbonyl (C=O) groups is 2. The summed E-state index contributed by atoms with van der Waals surface area (Å²) in [5, 5.41) is 13.6. The van der Waals surface area contributed by atoms with Crippen LogP contribution in [0.3, 0.4) is 0 Å². The number of hydrogen-bond donors (Lipinski definition) is 1. The average molecular weight is 410 g/mol. The van der Waals surface area contributed by atoms with Gasteiger partial charge in [0.15, 0.2) is 17.3 Å². The summed E-state index contributed by atoms with van der Waals surface area (Å²) >= 11 is 0. The van der Waals surface area contributed by atoms with Gasteiger partial charge in [-0.15, -0.1) is 0 Å². The number of benzene rings is 2. The van der Waals surface area contributed by atoms with Crippen molar-refractivity contribution < 1.29 is 24.0 Å². The van der Waals surface area contributed by atoms with Crippen molar-refractivity contribution in [2.75, 3.05) is 12.1 Å². The van der Waals surface area contributed by atoms with Gasteiger partial charge in [0, 0.05) is 23.8 Å². The quantitative estimate of drug-likeness (QED) is 0.381. The second-order valence-corrected chi connectivity index (χ2v) is 6.49. The topological polar surface area (TPSA) is 143 Å². The second-order valence-electron chi connectivity index (χ2n) is 6.49. The van der Waals surface area contributed by atoms with Crippen LogP contribution in [-0.2, 0) is 11.3 Å². The fraction of sp³-hybridized carbons (Fsp3) is 0.158. The van der Waals surface area contributed by atoms with Crippen molar-refractivity contribution in [3.05, 3.63) is 62.7 Å². The molecule has 1 aromatic heterocycles. The molecular formula is C19H14N4O7. The first-order valence-electron chi connectivity index (χ1n) is 8.71. The summed E-state index contributed by atoms with van der Waals surface area (Å²) < 4.78 is 11.6. The molecule has 2 heterocycles. The van der Waals surface area contributed by atoms with Crippen LogP contribution >= 0.6 is 0 Å². The van der Waals surface area contributed by atoms with Crippen LogP contribution in [0, 0.1) is 10.1 Å². The summed E-state index contributed by atoms with van der Waals surface area (Å²) in [6.45, 7) is 0.995. The molecule has 3 aromatic rings. The fourth-order valence-electron chi connectivity index (χ4n) is 3.05. The van der Waals surface area contributed by atoms with Gasteiger partial charge >= 0.3 is 0 Å². The van der Waals surface area contributed by atoms with Gasteiger partial charge < -0.3 is 14.8 Å². The van der Waals surface area contributed by atoms with E-state index in [1.54, 1.807) is 0 Å². The summed E-state index contributed by atoms with van der Waals surface area (Å²) in [6, 6.07) is 6.64. The smallest absolute Gasteiger partial charge is 0.271 e. The van der Waals surface area contributed by atoms with Crippen LogP contribution in [0.25, 0.3) is 10.9 Å². The van der Waals surface area contributed by atoms with Gasteiger partial charge in [-0.2, -0.15) is 0 Å². The van der Waals surface area contributed by atoms with Crippen LogP contribution < -0.4 is 20.3 Å². The Hall–Kier alpha value is -4.28. The molecule has 152 valence electrons. The lowest BCUT2D eigenvalue weighted by atomic mass is 10.1. The number of anilines is 1. The summed E-state index contributed by atoms with van der Waals surface area (Å²) in [6.07, 6.45) is 1.14. The number of ketones is 1. The fourth-order valence-corrected chi connectivity index (χ4v) is 3.05. The van der Waals surface area contributed by atoms with Gasteiger partial charge in [-0.05, 0) is 19.1 Å². The molecule has 0 radical (unpaired) electrons. The molecule has 30 heavy (non-hydrogen) atoms. The third-order valence-corrected chi connectivity index (χ3v) is 4.50. The zero-order chi connectivity index (χ0) is 21.4. The highest BCUT2D eigenvalue weighted by molar-refractivity contribution is 6.04. The number of carbonyl (C=O) groups excluding carboxylic acids is 2. The molecule has 1 amide bonds. The molecular weight excluding hydrogens is 396 g/mol. The molecule has 1 N–H and O–H groups in total. The van der Waals surface area contributed by atoms with Crippen molar-refractivity contribution >= 4 is 34.0 Å². The number of nitrogens with one attached hydrogen (secondary N) is 1. The lowest BCUT2D eigenvalue weighted by Gasteiger charge is -2.11. The number of fused-ring (bicyclic) bond motifs is 2. The molecule has 0 saturated heterocycles. The van der Waals surface area contributed by atoms with Crippen LogP contribution in [-0.4, -0.2) is 33.0 Å². The first-order valence-corrected chi connectivity index (χ1v) is 8.71. The van der Waals surface area contributed by atoms with Gasteiger partial charge in [0.2, 0.25) is 12.7 Å². The molecule has 0 bridgehead atoms. The van der Waals surface area contributed by atoms with Crippen molar-refractivity contribution in [1.29, 1.82) is 0 Å². The summed E-state index contributed by atoms with van der Waals surface area (Å²) in [7, 11) is 0. The molecule has 11 heteroatoms. The van der Waals surface area contributed by atoms with E-state index >= 15 is 0 Å². The highest BCUT2D eigenvalue weighted by atomic mass is 16.7. The van der Waals surface area contributed by atoms with Crippen molar-refractivity contribution in [1.82, 2.24) is 9.55 Å². The Labute approximate surface area is 168 Å². The van der Waals surface area contributed by atoms with Crippen LogP contribution in [0.2, 0.25) is 0 Å². The van der Waals surface area contributed by atoms with E-state index in [-0.39, 0.29) is 47.0 Å². The van der Waals surface area contributed by atoms with Gasteiger partial charge in [0.05, 0.1) is 27.8 Å². The van der Waals surface area contributed by atoms with Crippen LogP contribution in [0.5, 0.6) is 11.5 Å². The van der Waals surface area contributed by atoms with E-state index in [1.165, 1.54) is 37.3 Å². The summed E-state index contributed by atoms with van der Waals surface area (Å²) in [5.41, 5.74) is -0.0921. The van der Waals surface area contributed by atoms with E-state index in [2.05, 4.69) is 10.3 Å². The molecule has 1 aliphatic heterocycles. The number of non-ortho nitro benzene ring substituents is 1. The summed E-state index contributed by atoms with van der Waals surface area (Å²) in [5.74, 6) is -0.0556. The van der Waals surface area contributed by atoms with Gasteiger partial charge in [-0.25, -0.2) is 4.98 Å². The third kappa shape index (κ3) is 3.43. The van der Waals surface area contributed by atoms with E-state index in [4.69, 9.17) is 9.47 Å². The zero-order valence-corrected chi connectivity index (χ0v) is 15.6. The lowest BCUT2D eigenvalue weighted by Crippen LogP contribution is -2.28. The molecule has 0 unspecified atom stereocenters. The molecule has 0 atom stereocenters. The van der Waals surface area contributed by atoms with Crippen LogP contribution in [0.4, 0.5) is 11.4 Å². The Morgan fingerprint density at radius 3 is 2.67 bits per heavy atom. The Kier molecular flexibility index (Phi) is 4.62. The number of nitro groups is 1. The molecule has 2 aromatic carbocycles. The minimum absolute atomic E-state index is 0.0143. The highest BCUT2D eigenvalue weighted by Crippen LogP contribution is 2.37. The van der Waals surface area contributed by atoms with E-state index in [0.717, 1.165) is 10.9 Å². The minimum atomic E-state index is -0.585. The van der Waals surface area contributed by atoms with Crippen molar-refractivity contribution in [3.8, 4) is 11.5 Å². The number of Topliss-reactive ketones (excluding diaryl/α,β-unsaturated/α-hetero) is 1. The molecule has 0 aliphatic carbocycles. The molecule has 0 saturated carbocycles. The molecule has 4 rings (SSSR count). The Morgan fingerprint density at radius 1 is 1.23 bits per heavy atom. The molecule has 0 spiro atoms. The maximum atomic E-state index is 12.6. The van der Waals surface area contributed by atoms with Crippen LogP contribution in [0.1, 0.15) is 17.3 Å². The van der Waals surface area contributed by atoms with Gasteiger partial charge in [0.1, 0.15) is 6.54 Å². The highest BCUT2D eigenvalue weighted by Gasteiger charge is 2.21. The number of ether oxygens (including phenoxy) is 2. The Bertz CT molecular complexity index is 1280. The predicted octanol–water partition coefficient (Wildman–Crippen LogP) is 1.87. The monoisotopic (exact) mass is 410 g/mol. The molecule has 0 fully saturated rings. The van der Waals surface area contributed by atoms with E-state index in [9.17, 15) is 24.5 Å². The molecule has 11 nitrogen and oxygen atoms in total. The SMILES string of the molecule is CC(=O)c1cc2c(cc1NC(=O)Cn1cnc3cc([N+](=O)[O-])ccc3c1=O)OCO2. The predicted molar refractivity (Wildman–Crippen MR) is 104 cm³/mol. The first-order chi connectivity index (χ1) is 14.3. The number of amides is 1. The normalized spacial score (nSPS) is 12.0. The number of nitrogens with zero attached hydrogens (tertiary/aromatic N) is 3.